The standard InChI is InChI=1S/C15H14ClN3O3/c1-3-11-17-13(15(21)22)10-7-18(2)14(20)12-8(16)5-4-6-9(12)19(10)11/h4-6H,3,7H2,1-2H3,(H,21,22). The first-order chi connectivity index (χ1) is 10.5. The second-order valence-electron chi connectivity index (χ2n) is 5.11. The van der Waals surface area contributed by atoms with Crippen molar-refractivity contribution in [1.82, 2.24) is 14.5 Å². The summed E-state index contributed by atoms with van der Waals surface area (Å²) in [4.78, 5) is 29.7. The maximum Gasteiger partial charge on any atom is 0.356 e. The molecule has 0 saturated carbocycles. The molecular formula is C15H14ClN3O3. The van der Waals surface area contributed by atoms with Crippen molar-refractivity contribution >= 4 is 23.5 Å². The average molecular weight is 320 g/mol. The number of aromatic carboxylic acids is 1. The fraction of sp³-hybridized carbons (Fsp3) is 0.267. The number of hydrogen-bond donors (Lipinski definition) is 1. The van der Waals surface area contributed by atoms with Crippen molar-refractivity contribution in [3.63, 3.8) is 0 Å². The van der Waals surface area contributed by atoms with E-state index in [9.17, 15) is 14.7 Å². The van der Waals surface area contributed by atoms with E-state index in [1.807, 2.05) is 6.92 Å². The monoisotopic (exact) mass is 319 g/mol. The second-order valence-corrected chi connectivity index (χ2v) is 5.52. The summed E-state index contributed by atoms with van der Waals surface area (Å²) in [5.41, 5.74) is 1.41. The first kappa shape index (κ1) is 14.6. The van der Waals surface area contributed by atoms with E-state index in [0.29, 0.717) is 34.2 Å². The Bertz CT molecular complexity index is 798. The summed E-state index contributed by atoms with van der Waals surface area (Å²) in [7, 11) is 1.62. The van der Waals surface area contributed by atoms with Crippen LogP contribution in [0.1, 0.15) is 39.3 Å². The summed E-state index contributed by atoms with van der Waals surface area (Å²) in [6.45, 7) is 2.06. The highest BCUT2D eigenvalue weighted by Crippen LogP contribution is 2.31. The lowest BCUT2D eigenvalue weighted by molar-refractivity contribution is 0.0683. The number of imidazole rings is 1. The molecule has 0 saturated heterocycles. The minimum Gasteiger partial charge on any atom is -0.476 e. The van der Waals surface area contributed by atoms with Crippen molar-refractivity contribution in [2.24, 2.45) is 0 Å². The fourth-order valence-corrected chi connectivity index (χ4v) is 2.99. The molecule has 0 fully saturated rings. The molecule has 114 valence electrons. The minimum atomic E-state index is -1.10. The van der Waals surface area contributed by atoms with Gasteiger partial charge in [0.25, 0.3) is 5.91 Å². The zero-order valence-electron chi connectivity index (χ0n) is 12.1. The first-order valence-electron chi connectivity index (χ1n) is 6.83. The van der Waals surface area contributed by atoms with E-state index >= 15 is 0 Å². The van der Waals surface area contributed by atoms with Gasteiger partial charge >= 0.3 is 5.97 Å². The van der Waals surface area contributed by atoms with Crippen molar-refractivity contribution in [1.29, 1.82) is 0 Å². The predicted octanol–water partition coefficient (Wildman–Crippen LogP) is 2.37. The van der Waals surface area contributed by atoms with Crippen LogP contribution in [0.25, 0.3) is 5.69 Å². The van der Waals surface area contributed by atoms with Crippen LogP contribution >= 0.6 is 11.6 Å². The Labute approximate surface area is 131 Å². The number of carboxylic acid groups (broad SMARTS) is 1. The van der Waals surface area contributed by atoms with Crippen LogP contribution in [0, 0.1) is 0 Å². The molecule has 22 heavy (non-hydrogen) atoms. The number of carbonyl (C=O) groups is 2. The predicted molar refractivity (Wildman–Crippen MR) is 80.7 cm³/mol. The summed E-state index contributed by atoms with van der Waals surface area (Å²) in [5.74, 6) is -0.739. The van der Waals surface area contributed by atoms with Crippen LogP contribution in [0.15, 0.2) is 18.2 Å². The van der Waals surface area contributed by atoms with Gasteiger partial charge in [0, 0.05) is 13.5 Å². The quantitative estimate of drug-likeness (QED) is 0.922. The molecule has 1 amide bonds. The molecule has 1 aliphatic rings. The Morgan fingerprint density at radius 3 is 2.82 bits per heavy atom. The molecule has 0 aliphatic carbocycles. The number of hydrogen-bond acceptors (Lipinski definition) is 3. The Morgan fingerprint density at radius 2 is 2.18 bits per heavy atom. The Kier molecular flexibility index (Phi) is 3.41. The van der Waals surface area contributed by atoms with Crippen LogP contribution < -0.4 is 0 Å². The number of rotatable bonds is 2. The molecule has 0 bridgehead atoms. The highest BCUT2D eigenvalue weighted by molar-refractivity contribution is 6.34. The molecule has 2 heterocycles. The van der Waals surface area contributed by atoms with Gasteiger partial charge in [-0.3, -0.25) is 9.36 Å². The van der Waals surface area contributed by atoms with Crippen molar-refractivity contribution < 1.29 is 14.7 Å². The number of benzene rings is 1. The first-order valence-corrected chi connectivity index (χ1v) is 7.21. The van der Waals surface area contributed by atoms with E-state index in [1.54, 1.807) is 29.8 Å². The van der Waals surface area contributed by atoms with Gasteiger partial charge in [0.1, 0.15) is 5.82 Å². The van der Waals surface area contributed by atoms with Crippen LogP contribution in [0.4, 0.5) is 0 Å². The van der Waals surface area contributed by atoms with Crippen LogP contribution in [0.5, 0.6) is 0 Å². The van der Waals surface area contributed by atoms with Gasteiger partial charge in [-0.15, -0.1) is 0 Å². The molecule has 0 atom stereocenters. The maximum absolute atomic E-state index is 12.6. The Morgan fingerprint density at radius 1 is 1.45 bits per heavy atom. The van der Waals surface area contributed by atoms with Gasteiger partial charge in [0.05, 0.1) is 28.5 Å². The van der Waals surface area contributed by atoms with Crippen molar-refractivity contribution in [3.8, 4) is 5.69 Å². The van der Waals surface area contributed by atoms with Gasteiger partial charge in [-0.05, 0) is 12.1 Å². The van der Waals surface area contributed by atoms with Crippen molar-refractivity contribution in [3.05, 3.63) is 46.0 Å². The minimum absolute atomic E-state index is 0.0238. The van der Waals surface area contributed by atoms with Gasteiger partial charge < -0.3 is 10.0 Å². The molecule has 2 aromatic rings. The van der Waals surface area contributed by atoms with E-state index in [4.69, 9.17) is 11.6 Å². The lowest BCUT2D eigenvalue weighted by atomic mass is 10.1. The van der Waals surface area contributed by atoms with Crippen molar-refractivity contribution in [2.75, 3.05) is 7.05 Å². The molecule has 3 rings (SSSR count). The summed E-state index contributed by atoms with van der Waals surface area (Å²) in [6, 6.07) is 5.15. The van der Waals surface area contributed by atoms with Crippen LogP contribution in [0.3, 0.4) is 0 Å². The van der Waals surface area contributed by atoms with E-state index in [-0.39, 0.29) is 18.1 Å². The number of carbonyl (C=O) groups excluding carboxylic acids is 1. The Hall–Kier alpha value is -2.34. The fourth-order valence-electron chi connectivity index (χ4n) is 2.74. The molecule has 0 radical (unpaired) electrons. The largest absolute Gasteiger partial charge is 0.476 e. The molecular weight excluding hydrogens is 306 g/mol. The number of aryl methyl sites for hydroxylation is 1. The van der Waals surface area contributed by atoms with Gasteiger partial charge in [-0.2, -0.15) is 0 Å². The highest BCUT2D eigenvalue weighted by Gasteiger charge is 2.31. The summed E-state index contributed by atoms with van der Waals surface area (Å²) >= 11 is 6.21. The third-order valence-electron chi connectivity index (χ3n) is 3.74. The molecule has 1 N–H and O–H groups in total. The van der Waals surface area contributed by atoms with Gasteiger partial charge in [-0.25, -0.2) is 9.78 Å². The molecule has 0 spiro atoms. The summed E-state index contributed by atoms with van der Waals surface area (Å²) < 4.78 is 1.74. The number of nitrogens with zero attached hydrogens (tertiary/aromatic N) is 3. The third kappa shape index (κ3) is 1.99. The number of amides is 1. The van der Waals surface area contributed by atoms with Gasteiger partial charge in [0.15, 0.2) is 5.69 Å². The maximum atomic E-state index is 12.6. The Balaban J connectivity index is 2.42. The van der Waals surface area contributed by atoms with Crippen LogP contribution in [-0.4, -0.2) is 38.5 Å². The number of fused-ring (bicyclic) bond motifs is 3. The SMILES string of the molecule is CCc1nc(C(=O)O)c2n1-c1cccc(Cl)c1C(=O)N(C)C2. The van der Waals surface area contributed by atoms with E-state index in [2.05, 4.69) is 4.98 Å². The molecule has 7 heteroatoms. The van der Waals surface area contributed by atoms with E-state index < -0.39 is 5.97 Å². The molecule has 1 aliphatic heterocycles. The summed E-state index contributed by atoms with van der Waals surface area (Å²) in [6.07, 6.45) is 0.546. The smallest absolute Gasteiger partial charge is 0.356 e. The number of carboxylic acids is 1. The van der Waals surface area contributed by atoms with E-state index in [0.717, 1.165) is 0 Å². The van der Waals surface area contributed by atoms with Gasteiger partial charge in [-0.1, -0.05) is 24.6 Å². The number of halogens is 1. The molecule has 6 nitrogen and oxygen atoms in total. The highest BCUT2D eigenvalue weighted by atomic mass is 35.5. The molecule has 1 aromatic heterocycles. The van der Waals surface area contributed by atoms with Crippen molar-refractivity contribution in [2.45, 2.75) is 19.9 Å². The second kappa shape index (κ2) is 5.14. The van der Waals surface area contributed by atoms with Crippen LogP contribution in [-0.2, 0) is 13.0 Å². The molecule has 1 aromatic carbocycles. The normalized spacial score (nSPS) is 13.6. The zero-order valence-corrected chi connectivity index (χ0v) is 12.9. The zero-order chi connectivity index (χ0) is 16.0. The summed E-state index contributed by atoms with van der Waals surface area (Å²) in [5, 5.41) is 9.73. The van der Waals surface area contributed by atoms with Crippen LogP contribution in [0.2, 0.25) is 5.02 Å². The average Bonchev–Trinajstić information content (AvgIpc) is 2.79. The van der Waals surface area contributed by atoms with Gasteiger partial charge in [0.2, 0.25) is 0 Å². The number of aromatic nitrogens is 2. The van der Waals surface area contributed by atoms with E-state index in [1.165, 1.54) is 4.90 Å². The topological polar surface area (TPSA) is 75.4 Å². The lowest BCUT2D eigenvalue weighted by Gasteiger charge is -2.14. The third-order valence-corrected chi connectivity index (χ3v) is 4.06. The lowest BCUT2D eigenvalue weighted by Crippen LogP contribution is -2.26. The molecule has 0 unspecified atom stereocenters.